The highest BCUT2D eigenvalue weighted by atomic mass is 16.4. The molecule has 108 valence electrons. The predicted octanol–water partition coefficient (Wildman–Crippen LogP) is 4.17. The van der Waals surface area contributed by atoms with Crippen LogP contribution in [0.1, 0.15) is 34.8 Å². The summed E-state index contributed by atoms with van der Waals surface area (Å²) in [6.45, 7) is 4.20. The van der Waals surface area contributed by atoms with E-state index in [4.69, 9.17) is 5.11 Å². The molecule has 1 heterocycles. The molecule has 2 aromatic carbocycles. The third-order valence-electron chi connectivity index (χ3n) is 4.23. The number of hydrogen-bond acceptors (Lipinski definition) is 2. The summed E-state index contributed by atoms with van der Waals surface area (Å²) in [7, 11) is 0. The zero-order valence-electron chi connectivity index (χ0n) is 12.3. The van der Waals surface area contributed by atoms with Gasteiger partial charge in [0.15, 0.2) is 0 Å². The van der Waals surface area contributed by atoms with E-state index in [1.54, 1.807) is 12.1 Å². The second kappa shape index (κ2) is 5.24. The van der Waals surface area contributed by atoms with Gasteiger partial charge in [-0.1, -0.05) is 18.2 Å². The number of carboxylic acids is 1. The van der Waals surface area contributed by atoms with Crippen LogP contribution in [0.4, 0.5) is 11.4 Å². The largest absolute Gasteiger partial charge is 0.478 e. The number of benzene rings is 2. The first-order chi connectivity index (χ1) is 10.1. The lowest BCUT2D eigenvalue weighted by molar-refractivity contribution is 0.0697. The molecule has 1 aliphatic heterocycles. The summed E-state index contributed by atoms with van der Waals surface area (Å²) in [6.07, 6.45) is 2.21. The Morgan fingerprint density at radius 3 is 2.67 bits per heavy atom. The van der Waals surface area contributed by atoms with E-state index in [1.165, 1.54) is 11.3 Å². The molecule has 2 aromatic rings. The van der Waals surface area contributed by atoms with E-state index in [2.05, 4.69) is 36.1 Å². The summed E-state index contributed by atoms with van der Waals surface area (Å²) in [4.78, 5) is 13.4. The number of carboxylic acid groups (broad SMARTS) is 1. The molecular formula is C18H19NO2. The Bertz CT molecular complexity index is 693. The maximum Gasteiger partial charge on any atom is 0.335 e. The molecule has 0 saturated carbocycles. The Labute approximate surface area is 124 Å². The van der Waals surface area contributed by atoms with Crippen molar-refractivity contribution < 1.29 is 9.90 Å². The van der Waals surface area contributed by atoms with Gasteiger partial charge in [0.05, 0.1) is 5.56 Å². The van der Waals surface area contributed by atoms with Crippen molar-refractivity contribution in [3.8, 4) is 0 Å². The summed E-state index contributed by atoms with van der Waals surface area (Å²) < 4.78 is 0. The molecule has 3 heteroatoms. The van der Waals surface area contributed by atoms with Crippen molar-refractivity contribution in [2.45, 2.75) is 32.7 Å². The number of aryl methyl sites for hydroxylation is 2. The fourth-order valence-corrected chi connectivity index (χ4v) is 3.11. The van der Waals surface area contributed by atoms with Gasteiger partial charge in [-0.2, -0.15) is 0 Å². The topological polar surface area (TPSA) is 40.5 Å². The highest BCUT2D eigenvalue weighted by Crippen LogP contribution is 2.38. The summed E-state index contributed by atoms with van der Waals surface area (Å²) >= 11 is 0. The van der Waals surface area contributed by atoms with Crippen LogP contribution in [-0.2, 0) is 6.42 Å². The van der Waals surface area contributed by atoms with Crippen LogP contribution >= 0.6 is 0 Å². The first-order valence-electron chi connectivity index (χ1n) is 7.29. The molecule has 3 nitrogen and oxygen atoms in total. The van der Waals surface area contributed by atoms with E-state index in [0.717, 1.165) is 24.1 Å². The van der Waals surface area contributed by atoms with Crippen LogP contribution in [0.2, 0.25) is 0 Å². The Kier molecular flexibility index (Phi) is 3.42. The number of rotatable bonds is 2. The van der Waals surface area contributed by atoms with Crippen molar-refractivity contribution in [3.63, 3.8) is 0 Å². The van der Waals surface area contributed by atoms with Crippen LogP contribution in [0.3, 0.4) is 0 Å². The number of anilines is 2. The van der Waals surface area contributed by atoms with Gasteiger partial charge in [0.1, 0.15) is 0 Å². The Morgan fingerprint density at radius 2 is 1.95 bits per heavy atom. The second-order valence-corrected chi connectivity index (χ2v) is 5.69. The van der Waals surface area contributed by atoms with Crippen molar-refractivity contribution in [1.82, 2.24) is 0 Å². The van der Waals surface area contributed by atoms with Gasteiger partial charge in [-0.3, -0.25) is 0 Å². The van der Waals surface area contributed by atoms with Crippen molar-refractivity contribution in [1.29, 1.82) is 0 Å². The average Bonchev–Trinajstić information content (AvgIpc) is 2.48. The molecule has 0 spiro atoms. The van der Waals surface area contributed by atoms with Gasteiger partial charge in [0, 0.05) is 17.4 Å². The van der Waals surface area contributed by atoms with E-state index in [-0.39, 0.29) is 0 Å². The van der Waals surface area contributed by atoms with Crippen LogP contribution in [0.5, 0.6) is 0 Å². The Balaban J connectivity index is 2.09. The zero-order valence-corrected chi connectivity index (χ0v) is 12.3. The minimum Gasteiger partial charge on any atom is -0.478 e. The molecule has 0 aromatic heterocycles. The number of para-hydroxylation sites is 1. The summed E-state index contributed by atoms with van der Waals surface area (Å²) in [5, 5.41) is 9.11. The molecule has 1 unspecified atom stereocenters. The smallest absolute Gasteiger partial charge is 0.335 e. The van der Waals surface area contributed by atoms with Gasteiger partial charge in [-0.05, 0) is 62.1 Å². The molecule has 0 fully saturated rings. The SMILES string of the molecule is Cc1cc(C(=O)O)ccc1N1c2ccccc2CCC1C. The zero-order chi connectivity index (χ0) is 15.0. The van der Waals surface area contributed by atoms with E-state index >= 15 is 0 Å². The molecule has 1 atom stereocenters. The summed E-state index contributed by atoms with van der Waals surface area (Å²) in [5.41, 5.74) is 5.03. The molecule has 0 saturated heterocycles. The number of aromatic carboxylic acids is 1. The molecule has 3 rings (SSSR count). The highest BCUT2D eigenvalue weighted by molar-refractivity contribution is 5.89. The van der Waals surface area contributed by atoms with E-state index < -0.39 is 5.97 Å². The average molecular weight is 281 g/mol. The lowest BCUT2D eigenvalue weighted by Gasteiger charge is -2.38. The van der Waals surface area contributed by atoms with Crippen LogP contribution in [0, 0.1) is 6.92 Å². The molecule has 0 amide bonds. The number of carbonyl (C=O) groups is 1. The van der Waals surface area contributed by atoms with Crippen LogP contribution in [0.25, 0.3) is 0 Å². The third-order valence-corrected chi connectivity index (χ3v) is 4.23. The van der Waals surface area contributed by atoms with Crippen molar-refractivity contribution in [3.05, 3.63) is 59.2 Å². The molecule has 1 N–H and O–H groups in total. The summed E-state index contributed by atoms with van der Waals surface area (Å²) in [6, 6.07) is 14.2. The van der Waals surface area contributed by atoms with E-state index in [1.807, 2.05) is 13.0 Å². The van der Waals surface area contributed by atoms with Crippen molar-refractivity contribution in [2.75, 3.05) is 4.90 Å². The molecule has 0 radical (unpaired) electrons. The number of nitrogens with zero attached hydrogens (tertiary/aromatic N) is 1. The lowest BCUT2D eigenvalue weighted by atomic mass is 9.95. The van der Waals surface area contributed by atoms with Gasteiger partial charge in [-0.25, -0.2) is 4.79 Å². The standard InChI is InChI=1S/C18H19NO2/c1-12-11-15(18(20)21)9-10-16(12)19-13(2)7-8-14-5-3-4-6-17(14)19/h3-6,9-11,13H,7-8H2,1-2H3,(H,20,21). The van der Waals surface area contributed by atoms with Gasteiger partial charge in [0.25, 0.3) is 0 Å². The minimum absolute atomic E-state index is 0.342. The monoisotopic (exact) mass is 281 g/mol. The van der Waals surface area contributed by atoms with E-state index in [0.29, 0.717) is 11.6 Å². The van der Waals surface area contributed by atoms with E-state index in [9.17, 15) is 4.79 Å². The minimum atomic E-state index is -0.878. The third kappa shape index (κ3) is 2.40. The quantitative estimate of drug-likeness (QED) is 0.898. The maximum absolute atomic E-state index is 11.1. The number of fused-ring (bicyclic) bond motifs is 1. The highest BCUT2D eigenvalue weighted by Gasteiger charge is 2.25. The second-order valence-electron chi connectivity index (χ2n) is 5.69. The lowest BCUT2D eigenvalue weighted by Crippen LogP contribution is -2.33. The van der Waals surface area contributed by atoms with Crippen LogP contribution in [0.15, 0.2) is 42.5 Å². The Morgan fingerprint density at radius 1 is 1.19 bits per heavy atom. The fourth-order valence-electron chi connectivity index (χ4n) is 3.11. The fraction of sp³-hybridized carbons (Fsp3) is 0.278. The molecular weight excluding hydrogens is 262 g/mol. The maximum atomic E-state index is 11.1. The predicted molar refractivity (Wildman–Crippen MR) is 84.5 cm³/mol. The molecule has 0 aliphatic carbocycles. The first-order valence-corrected chi connectivity index (χ1v) is 7.29. The van der Waals surface area contributed by atoms with Crippen molar-refractivity contribution >= 4 is 17.3 Å². The van der Waals surface area contributed by atoms with Gasteiger partial charge in [-0.15, -0.1) is 0 Å². The van der Waals surface area contributed by atoms with Gasteiger partial charge in [0.2, 0.25) is 0 Å². The normalized spacial score (nSPS) is 17.4. The van der Waals surface area contributed by atoms with Crippen molar-refractivity contribution in [2.24, 2.45) is 0 Å². The van der Waals surface area contributed by atoms with Gasteiger partial charge >= 0.3 is 5.97 Å². The number of hydrogen-bond donors (Lipinski definition) is 1. The molecule has 0 bridgehead atoms. The Hall–Kier alpha value is -2.29. The van der Waals surface area contributed by atoms with Crippen LogP contribution < -0.4 is 4.90 Å². The molecule has 1 aliphatic rings. The summed E-state index contributed by atoms with van der Waals surface area (Å²) in [5.74, 6) is -0.878. The molecule has 21 heavy (non-hydrogen) atoms. The van der Waals surface area contributed by atoms with Crippen LogP contribution in [-0.4, -0.2) is 17.1 Å². The first kappa shape index (κ1) is 13.7. The van der Waals surface area contributed by atoms with Gasteiger partial charge < -0.3 is 10.0 Å².